The third-order valence-electron chi connectivity index (χ3n) is 2.97. The van der Waals surface area contributed by atoms with Crippen LogP contribution in [0.25, 0.3) is 0 Å². The number of hydrogen-bond acceptors (Lipinski definition) is 5. The largest absolute Gasteiger partial charge is 0.382 e. The van der Waals surface area contributed by atoms with Crippen molar-refractivity contribution < 1.29 is 4.79 Å². The summed E-state index contributed by atoms with van der Waals surface area (Å²) in [6, 6.07) is 0. The molecule has 112 valence electrons. The van der Waals surface area contributed by atoms with Crippen molar-refractivity contribution >= 4 is 28.2 Å². The van der Waals surface area contributed by atoms with Gasteiger partial charge >= 0.3 is 0 Å². The van der Waals surface area contributed by atoms with Crippen molar-refractivity contribution in [2.75, 3.05) is 37.8 Å². The minimum Gasteiger partial charge on any atom is -0.382 e. The number of hydrogen-bond donors (Lipinski definition) is 1. The summed E-state index contributed by atoms with van der Waals surface area (Å²) in [4.78, 5) is 20.9. The predicted molar refractivity (Wildman–Crippen MR) is 86.5 cm³/mol. The van der Waals surface area contributed by atoms with Crippen LogP contribution < -0.4 is 10.6 Å². The quantitative estimate of drug-likeness (QED) is 0.591. The molecular formula is C14H24N4OS. The second kappa shape index (κ2) is 7.89. The van der Waals surface area contributed by atoms with Gasteiger partial charge < -0.3 is 15.5 Å². The van der Waals surface area contributed by atoms with E-state index >= 15 is 0 Å². The Kier molecular flexibility index (Phi) is 6.51. The number of thiazole rings is 1. The lowest BCUT2D eigenvalue weighted by Crippen LogP contribution is -2.27. The summed E-state index contributed by atoms with van der Waals surface area (Å²) in [5.74, 6) is 0.272. The minimum atomic E-state index is -0.0554. The number of allylic oxidation sites excluding steroid dienone is 1. The molecule has 6 heteroatoms. The number of aromatic nitrogens is 1. The molecule has 0 aliphatic carbocycles. The van der Waals surface area contributed by atoms with Crippen LogP contribution in [-0.2, 0) is 0 Å². The lowest BCUT2D eigenvalue weighted by molar-refractivity contribution is 0.0799. The Morgan fingerprint density at radius 2 is 2.15 bits per heavy atom. The van der Waals surface area contributed by atoms with Crippen LogP contribution in [0.15, 0.2) is 12.7 Å². The van der Waals surface area contributed by atoms with Gasteiger partial charge in [0.1, 0.15) is 10.7 Å². The number of anilines is 2. The van der Waals surface area contributed by atoms with Crippen molar-refractivity contribution in [1.82, 2.24) is 9.88 Å². The van der Waals surface area contributed by atoms with E-state index in [1.165, 1.54) is 11.3 Å². The highest BCUT2D eigenvalue weighted by Crippen LogP contribution is 2.28. The number of amides is 1. The second-order valence-electron chi connectivity index (χ2n) is 4.79. The van der Waals surface area contributed by atoms with Gasteiger partial charge in [-0.2, -0.15) is 0 Å². The summed E-state index contributed by atoms with van der Waals surface area (Å²) in [6.07, 6.45) is 4.70. The molecule has 0 aromatic carbocycles. The van der Waals surface area contributed by atoms with Crippen LogP contribution in [0.1, 0.15) is 35.9 Å². The molecule has 0 unspecified atom stereocenters. The van der Waals surface area contributed by atoms with Gasteiger partial charge in [-0.25, -0.2) is 4.98 Å². The fourth-order valence-corrected chi connectivity index (χ4v) is 2.78. The molecule has 0 saturated heterocycles. The number of rotatable bonds is 8. The summed E-state index contributed by atoms with van der Waals surface area (Å²) in [5, 5.41) is 0.798. The molecule has 0 aliphatic heterocycles. The van der Waals surface area contributed by atoms with Crippen LogP contribution in [0.5, 0.6) is 0 Å². The highest BCUT2D eigenvalue weighted by molar-refractivity contribution is 7.18. The Balaban J connectivity index is 2.75. The normalized spacial score (nSPS) is 10.3. The van der Waals surface area contributed by atoms with E-state index in [2.05, 4.69) is 18.5 Å². The molecule has 2 N–H and O–H groups in total. The third-order valence-corrected chi connectivity index (χ3v) is 4.14. The van der Waals surface area contributed by atoms with Crippen molar-refractivity contribution in [1.29, 1.82) is 0 Å². The first-order valence-corrected chi connectivity index (χ1v) is 7.66. The van der Waals surface area contributed by atoms with Crippen LogP contribution in [0.2, 0.25) is 0 Å². The Bertz CT molecular complexity index is 458. The van der Waals surface area contributed by atoms with Gasteiger partial charge in [0.15, 0.2) is 5.13 Å². The molecule has 1 aromatic rings. The topological polar surface area (TPSA) is 62.5 Å². The molecule has 1 rings (SSSR count). The third kappa shape index (κ3) is 4.23. The molecule has 1 heterocycles. The molecule has 1 amide bonds. The summed E-state index contributed by atoms with van der Waals surface area (Å²) >= 11 is 1.36. The van der Waals surface area contributed by atoms with Crippen molar-refractivity contribution in [2.45, 2.75) is 26.2 Å². The second-order valence-corrected chi connectivity index (χ2v) is 5.77. The maximum absolute atomic E-state index is 12.3. The zero-order valence-electron chi connectivity index (χ0n) is 12.6. The van der Waals surface area contributed by atoms with E-state index in [1.54, 1.807) is 11.9 Å². The van der Waals surface area contributed by atoms with Gasteiger partial charge in [-0.15, -0.1) is 6.58 Å². The molecule has 0 radical (unpaired) electrons. The minimum absolute atomic E-state index is 0.0554. The van der Waals surface area contributed by atoms with E-state index in [-0.39, 0.29) is 5.91 Å². The summed E-state index contributed by atoms with van der Waals surface area (Å²) in [7, 11) is 3.75. The zero-order valence-corrected chi connectivity index (χ0v) is 13.4. The van der Waals surface area contributed by atoms with E-state index < -0.39 is 0 Å². The molecule has 1 aromatic heterocycles. The first-order chi connectivity index (χ1) is 9.51. The highest BCUT2D eigenvalue weighted by atomic mass is 32.1. The Morgan fingerprint density at radius 3 is 2.75 bits per heavy atom. The predicted octanol–water partition coefficient (Wildman–Crippen LogP) is 2.61. The van der Waals surface area contributed by atoms with Gasteiger partial charge in [0, 0.05) is 27.2 Å². The van der Waals surface area contributed by atoms with E-state index in [1.807, 2.05) is 18.0 Å². The van der Waals surface area contributed by atoms with Crippen LogP contribution in [0, 0.1) is 0 Å². The first kappa shape index (κ1) is 16.5. The van der Waals surface area contributed by atoms with Crippen molar-refractivity contribution in [3.05, 3.63) is 17.5 Å². The smallest absolute Gasteiger partial charge is 0.267 e. The number of nitrogens with two attached hydrogens (primary N) is 1. The summed E-state index contributed by atoms with van der Waals surface area (Å²) in [5.41, 5.74) is 5.88. The van der Waals surface area contributed by atoms with Crippen LogP contribution in [0.3, 0.4) is 0 Å². The van der Waals surface area contributed by atoms with Crippen LogP contribution in [-0.4, -0.2) is 43.0 Å². The van der Waals surface area contributed by atoms with Gasteiger partial charge in [0.25, 0.3) is 5.91 Å². The number of carbonyl (C=O) groups is 1. The van der Waals surface area contributed by atoms with Crippen LogP contribution >= 0.6 is 11.3 Å². The first-order valence-electron chi connectivity index (χ1n) is 6.85. The molecule has 0 spiro atoms. The van der Waals surface area contributed by atoms with Gasteiger partial charge in [0.2, 0.25) is 0 Å². The Morgan fingerprint density at radius 1 is 1.45 bits per heavy atom. The molecule has 0 atom stereocenters. The molecule has 0 bridgehead atoms. The fraction of sp³-hybridized carbons (Fsp3) is 0.571. The van der Waals surface area contributed by atoms with E-state index in [9.17, 15) is 4.79 Å². The monoisotopic (exact) mass is 296 g/mol. The van der Waals surface area contributed by atoms with E-state index in [4.69, 9.17) is 5.73 Å². The fourth-order valence-electron chi connectivity index (χ4n) is 1.82. The van der Waals surface area contributed by atoms with Gasteiger partial charge in [-0.3, -0.25) is 4.79 Å². The van der Waals surface area contributed by atoms with E-state index in [0.29, 0.717) is 17.2 Å². The maximum Gasteiger partial charge on any atom is 0.267 e. The molecule has 0 saturated carbocycles. The Labute approximate surface area is 125 Å². The Hall–Kier alpha value is -1.56. The lowest BCUT2D eigenvalue weighted by atomic mass is 10.3. The van der Waals surface area contributed by atoms with Gasteiger partial charge in [-0.1, -0.05) is 24.3 Å². The maximum atomic E-state index is 12.3. The van der Waals surface area contributed by atoms with Crippen molar-refractivity contribution in [2.24, 2.45) is 0 Å². The lowest BCUT2D eigenvalue weighted by Gasteiger charge is -2.16. The SMILES string of the molecule is C=CCCCN(C)C(=O)c1sc(N(C)CCC)nc1N. The number of unbranched alkanes of at least 4 members (excludes halogenated alkanes) is 1. The molecule has 0 fully saturated rings. The van der Waals surface area contributed by atoms with Crippen molar-refractivity contribution in [3.63, 3.8) is 0 Å². The molecule has 20 heavy (non-hydrogen) atoms. The van der Waals surface area contributed by atoms with Crippen molar-refractivity contribution in [3.8, 4) is 0 Å². The summed E-state index contributed by atoms with van der Waals surface area (Å²) < 4.78 is 0. The van der Waals surface area contributed by atoms with E-state index in [0.717, 1.165) is 30.9 Å². The highest BCUT2D eigenvalue weighted by Gasteiger charge is 2.20. The summed E-state index contributed by atoms with van der Waals surface area (Å²) in [6.45, 7) is 7.38. The average Bonchev–Trinajstić information content (AvgIpc) is 2.80. The molecule has 5 nitrogen and oxygen atoms in total. The number of nitrogen functional groups attached to an aromatic ring is 1. The average molecular weight is 296 g/mol. The molecular weight excluding hydrogens is 272 g/mol. The molecule has 0 aliphatic rings. The van der Waals surface area contributed by atoms with Crippen LogP contribution in [0.4, 0.5) is 10.9 Å². The number of carbonyl (C=O) groups excluding carboxylic acids is 1. The number of nitrogens with zero attached hydrogens (tertiary/aromatic N) is 3. The van der Waals surface area contributed by atoms with Gasteiger partial charge in [0.05, 0.1) is 0 Å². The van der Waals surface area contributed by atoms with Gasteiger partial charge in [-0.05, 0) is 19.3 Å². The standard InChI is InChI=1S/C14H24N4OS/c1-5-7-8-10-17(3)13(19)11-12(15)16-14(20-11)18(4)9-6-2/h5H,1,6-10,15H2,2-4H3. The zero-order chi connectivity index (χ0) is 15.1.